The molecule has 6 aromatic rings. The van der Waals surface area contributed by atoms with Gasteiger partial charge in [0.2, 0.25) is 0 Å². The van der Waals surface area contributed by atoms with Gasteiger partial charge in [-0.3, -0.25) is 9.97 Å². The molecule has 0 bridgehead atoms. The van der Waals surface area contributed by atoms with Crippen molar-refractivity contribution in [3.05, 3.63) is 137 Å². The highest BCUT2D eigenvalue weighted by Gasteiger charge is 2.35. The molecule has 0 spiro atoms. The highest BCUT2D eigenvalue weighted by molar-refractivity contribution is 6.29. The maximum Gasteiger partial charge on any atom is 0.419 e. The Kier molecular flexibility index (Phi) is 17.5. The van der Waals surface area contributed by atoms with Crippen LogP contribution in [0.3, 0.4) is 0 Å². The number of benzene rings is 2. The Hall–Kier alpha value is -6.77. The Labute approximate surface area is 388 Å². The molecule has 2 aromatic carbocycles. The Bertz CT molecular complexity index is 2480. The fourth-order valence-corrected chi connectivity index (χ4v) is 6.89. The summed E-state index contributed by atoms with van der Waals surface area (Å²) in [5, 5.41) is 8.57. The molecule has 0 atom stereocenters. The number of nitrogens with one attached hydrogen (secondary N) is 3. The van der Waals surface area contributed by atoms with E-state index >= 15 is 0 Å². The summed E-state index contributed by atoms with van der Waals surface area (Å²) in [5.74, 6) is 1.55. The molecule has 0 unspecified atom stereocenters. The molecule has 6 heterocycles. The van der Waals surface area contributed by atoms with E-state index in [2.05, 4.69) is 45.7 Å². The monoisotopic (exact) mass is 954 g/mol. The zero-order valence-electron chi connectivity index (χ0n) is 36.5. The lowest BCUT2D eigenvalue weighted by molar-refractivity contribution is -0.138. The van der Waals surface area contributed by atoms with Crippen LogP contribution in [-0.2, 0) is 34.9 Å². The zero-order valence-corrected chi connectivity index (χ0v) is 37.3. The summed E-state index contributed by atoms with van der Waals surface area (Å²) in [6.45, 7) is 6.61. The molecule has 2 aliphatic heterocycles. The third kappa shape index (κ3) is 14.6. The lowest BCUT2D eigenvalue weighted by Crippen LogP contribution is -2.36. The van der Waals surface area contributed by atoms with E-state index in [0.29, 0.717) is 47.9 Å². The van der Waals surface area contributed by atoms with Crippen LogP contribution >= 0.6 is 11.6 Å². The number of rotatable bonds is 12. The lowest BCUT2D eigenvalue weighted by Gasteiger charge is -2.29. The summed E-state index contributed by atoms with van der Waals surface area (Å²) >= 11 is 5.61. The van der Waals surface area contributed by atoms with Gasteiger partial charge in [-0.25, -0.2) is 9.97 Å². The summed E-state index contributed by atoms with van der Waals surface area (Å²) in [5.41, 5.74) is 8.51. The average Bonchev–Trinajstić information content (AvgIpc) is 3.34. The molecule has 2 saturated heterocycles. The maximum absolute atomic E-state index is 13.5. The van der Waals surface area contributed by atoms with E-state index in [9.17, 15) is 26.3 Å². The second-order valence-corrected chi connectivity index (χ2v) is 15.0. The number of methoxy groups -OCH3 is 2. The number of ether oxygens (including phenoxy) is 4. The summed E-state index contributed by atoms with van der Waals surface area (Å²) < 4.78 is 100. The van der Waals surface area contributed by atoms with E-state index < -0.39 is 23.5 Å². The number of nitrogen functional groups attached to an aromatic ring is 1. The Balaban J connectivity index is 0.000000183. The first-order valence-corrected chi connectivity index (χ1v) is 21.2. The molecule has 4 aromatic heterocycles. The van der Waals surface area contributed by atoms with Gasteiger partial charge in [0.1, 0.15) is 22.5 Å². The fraction of sp³-hybridized carbons (Fsp3) is 0.304. The van der Waals surface area contributed by atoms with Crippen molar-refractivity contribution in [3.63, 3.8) is 0 Å². The highest BCUT2D eigenvalue weighted by Crippen LogP contribution is 2.38. The van der Waals surface area contributed by atoms with Gasteiger partial charge in [0.05, 0.1) is 99.0 Å². The van der Waals surface area contributed by atoms with Crippen molar-refractivity contribution < 1.29 is 45.3 Å². The van der Waals surface area contributed by atoms with E-state index in [1.54, 1.807) is 63.0 Å². The van der Waals surface area contributed by atoms with Crippen LogP contribution in [0.5, 0.6) is 11.5 Å². The van der Waals surface area contributed by atoms with Gasteiger partial charge in [0, 0.05) is 80.5 Å². The lowest BCUT2D eigenvalue weighted by atomic mass is 10.2. The third-order valence-electron chi connectivity index (χ3n) is 10.2. The molecule has 2 fully saturated rings. The van der Waals surface area contributed by atoms with Crippen molar-refractivity contribution in [2.24, 2.45) is 0 Å². The second kappa shape index (κ2) is 23.6. The summed E-state index contributed by atoms with van der Waals surface area (Å²) in [7, 11) is 3.18. The molecule has 0 aliphatic carbocycles. The van der Waals surface area contributed by atoms with E-state index in [0.717, 1.165) is 68.8 Å². The standard InChI is InChI=1S/C23H24F3N5O2.C12H9ClF3N3.C11H16N2O2/c1-32-21-12-17(31-8-10-33-11-9-31)5-6-19(21)30-22-13-20(18(15-29-22)23(24,25)26)28-14-16-4-2-3-7-27-16;13-11-5-10(9(7-19-11)12(14,15)16)18-6-8-3-1-2-4-17-8;1-14-11-8-9(2-3-10(11)12)13-4-6-15-7-5-13/h2-7,12-13,15H,8-11,14H2,1H3,(H2,28,29,30);1-5,7H,6H2,(H,18,19);2-3,8H,4-7,12H2,1H3. The number of hydrogen-bond acceptors (Lipinski definition) is 14. The predicted octanol–water partition coefficient (Wildman–Crippen LogP) is 9.57. The number of nitrogens with two attached hydrogens (primary N) is 1. The second-order valence-electron chi connectivity index (χ2n) is 14.6. The minimum Gasteiger partial charge on any atom is -0.495 e. The molecule has 0 radical (unpaired) electrons. The van der Waals surface area contributed by atoms with Gasteiger partial charge in [-0.1, -0.05) is 23.7 Å². The minimum absolute atomic E-state index is 0.00322. The van der Waals surface area contributed by atoms with Crippen LogP contribution in [0, 0.1) is 0 Å². The van der Waals surface area contributed by atoms with Gasteiger partial charge >= 0.3 is 12.4 Å². The molecular formula is C46H49ClF6N10O4. The Morgan fingerprint density at radius 2 is 1.10 bits per heavy atom. The maximum atomic E-state index is 13.5. The normalized spacial score (nSPS) is 13.9. The molecule has 2 aliphatic rings. The number of nitrogens with zero attached hydrogens (tertiary/aromatic N) is 6. The molecule has 356 valence electrons. The number of morpholine rings is 2. The quantitative estimate of drug-likeness (QED) is 0.0522. The smallest absolute Gasteiger partial charge is 0.419 e. The van der Waals surface area contributed by atoms with Gasteiger partial charge in [-0.15, -0.1) is 0 Å². The zero-order chi connectivity index (χ0) is 47.8. The van der Waals surface area contributed by atoms with Crippen molar-refractivity contribution >= 4 is 51.5 Å². The van der Waals surface area contributed by atoms with Crippen LogP contribution < -0.4 is 41.0 Å². The van der Waals surface area contributed by atoms with Crippen LogP contribution in [0.25, 0.3) is 0 Å². The van der Waals surface area contributed by atoms with E-state index in [1.165, 1.54) is 6.07 Å². The largest absolute Gasteiger partial charge is 0.495 e. The number of halogens is 7. The van der Waals surface area contributed by atoms with Gasteiger partial charge in [-0.2, -0.15) is 26.3 Å². The van der Waals surface area contributed by atoms with E-state index in [4.69, 9.17) is 36.3 Å². The molecule has 0 amide bonds. The molecule has 21 heteroatoms. The topological polar surface area (TPSA) is 157 Å². The predicted molar refractivity (Wildman–Crippen MR) is 246 cm³/mol. The van der Waals surface area contributed by atoms with Crippen molar-refractivity contribution in [1.82, 2.24) is 19.9 Å². The summed E-state index contributed by atoms with van der Waals surface area (Å²) in [4.78, 5) is 20.0. The van der Waals surface area contributed by atoms with E-state index in [-0.39, 0.29) is 35.4 Å². The van der Waals surface area contributed by atoms with Crippen LogP contribution in [0.2, 0.25) is 5.15 Å². The SMILES string of the molecule is COc1cc(N2CCOCC2)ccc1N.COc1cc(N2CCOCC2)ccc1Nc1cc(NCc2ccccn2)c(C(F)(F)F)cn1.FC(F)(F)c1cnc(Cl)cc1NCc1ccccn1. The van der Waals surface area contributed by atoms with Crippen molar-refractivity contribution in [2.45, 2.75) is 25.4 Å². The highest BCUT2D eigenvalue weighted by atomic mass is 35.5. The van der Waals surface area contributed by atoms with Gasteiger partial charge in [-0.05, 0) is 54.6 Å². The third-order valence-corrected chi connectivity index (χ3v) is 10.4. The molecule has 8 rings (SSSR count). The first-order chi connectivity index (χ1) is 32.2. The number of pyridine rings is 4. The molecule has 0 saturated carbocycles. The van der Waals surface area contributed by atoms with Crippen molar-refractivity contribution in [1.29, 1.82) is 0 Å². The van der Waals surface area contributed by atoms with Crippen molar-refractivity contribution in [2.75, 3.05) is 98.3 Å². The molecular weight excluding hydrogens is 906 g/mol. The van der Waals surface area contributed by atoms with Crippen LogP contribution in [0.15, 0.2) is 110 Å². The Morgan fingerprint density at radius 1 is 0.612 bits per heavy atom. The molecule has 5 N–H and O–H groups in total. The number of aromatic nitrogens is 4. The number of anilines is 7. The first-order valence-electron chi connectivity index (χ1n) is 20.8. The van der Waals surface area contributed by atoms with Crippen LogP contribution in [0.4, 0.5) is 66.3 Å². The molecule has 67 heavy (non-hydrogen) atoms. The van der Waals surface area contributed by atoms with Gasteiger partial charge in [0.15, 0.2) is 0 Å². The number of alkyl halides is 6. The van der Waals surface area contributed by atoms with Gasteiger partial charge < -0.3 is 50.4 Å². The number of hydrogen-bond donors (Lipinski definition) is 4. The van der Waals surface area contributed by atoms with Crippen LogP contribution in [-0.4, -0.2) is 86.8 Å². The first kappa shape index (κ1) is 49.7. The van der Waals surface area contributed by atoms with Gasteiger partial charge in [0.25, 0.3) is 0 Å². The summed E-state index contributed by atoms with van der Waals surface area (Å²) in [6, 6.07) is 24.5. The Morgan fingerprint density at radius 3 is 1.60 bits per heavy atom. The average molecular weight is 955 g/mol. The fourth-order valence-electron chi connectivity index (χ4n) is 6.73. The minimum atomic E-state index is -4.55. The van der Waals surface area contributed by atoms with E-state index in [1.807, 2.05) is 36.4 Å². The molecule has 14 nitrogen and oxygen atoms in total. The van der Waals surface area contributed by atoms with Crippen molar-refractivity contribution in [3.8, 4) is 11.5 Å². The van der Waals surface area contributed by atoms with Crippen LogP contribution in [0.1, 0.15) is 22.5 Å². The summed E-state index contributed by atoms with van der Waals surface area (Å²) in [6.07, 6.45) is -4.34.